The van der Waals surface area contributed by atoms with Crippen LogP contribution in [-0.4, -0.2) is 88.7 Å². The van der Waals surface area contributed by atoms with E-state index in [-0.39, 0.29) is 11.8 Å². The van der Waals surface area contributed by atoms with E-state index >= 15 is 0 Å². The van der Waals surface area contributed by atoms with E-state index in [2.05, 4.69) is 20.2 Å². The second-order valence-electron chi connectivity index (χ2n) is 7.34. The van der Waals surface area contributed by atoms with Crippen molar-refractivity contribution in [2.45, 2.75) is 26.2 Å². The van der Waals surface area contributed by atoms with Gasteiger partial charge >= 0.3 is 0 Å². The minimum Gasteiger partial charge on any atom is -0.342 e. The van der Waals surface area contributed by atoms with Crippen molar-refractivity contribution >= 4 is 17.6 Å². The van der Waals surface area contributed by atoms with Crippen molar-refractivity contribution in [3.8, 4) is 0 Å². The van der Waals surface area contributed by atoms with Crippen LogP contribution in [0.5, 0.6) is 0 Å². The number of carbonyl (C=O) groups excluding carboxylic acids is 2. The Balaban J connectivity index is 1.38. The van der Waals surface area contributed by atoms with Crippen molar-refractivity contribution < 1.29 is 9.59 Å². The SMILES string of the molecule is Cc1cc(NC(=O)CN2CCN(CC(=O)N3CCCCC3)CC2)n(C)n1. The van der Waals surface area contributed by atoms with Crippen LogP contribution in [0.25, 0.3) is 0 Å². The molecule has 144 valence electrons. The van der Waals surface area contributed by atoms with Crippen LogP contribution in [0.3, 0.4) is 0 Å². The number of aryl methyl sites for hydroxylation is 2. The molecule has 1 aromatic heterocycles. The molecule has 0 saturated carbocycles. The van der Waals surface area contributed by atoms with Crippen molar-refractivity contribution in [3.63, 3.8) is 0 Å². The van der Waals surface area contributed by atoms with E-state index in [4.69, 9.17) is 0 Å². The molecule has 8 nitrogen and oxygen atoms in total. The molecule has 26 heavy (non-hydrogen) atoms. The van der Waals surface area contributed by atoms with Crippen molar-refractivity contribution in [1.29, 1.82) is 0 Å². The summed E-state index contributed by atoms with van der Waals surface area (Å²) in [5.74, 6) is 0.951. The molecule has 0 radical (unpaired) electrons. The summed E-state index contributed by atoms with van der Waals surface area (Å²) in [6.45, 7) is 7.89. The number of hydrogen-bond donors (Lipinski definition) is 1. The van der Waals surface area contributed by atoms with Gasteiger partial charge in [-0.1, -0.05) is 0 Å². The van der Waals surface area contributed by atoms with Gasteiger partial charge in [0, 0.05) is 52.4 Å². The molecule has 1 aromatic rings. The van der Waals surface area contributed by atoms with Gasteiger partial charge in [-0.05, 0) is 26.2 Å². The van der Waals surface area contributed by atoms with Gasteiger partial charge in [-0.15, -0.1) is 0 Å². The Bertz CT molecular complexity index is 630. The van der Waals surface area contributed by atoms with Crippen molar-refractivity contribution in [1.82, 2.24) is 24.5 Å². The highest BCUT2D eigenvalue weighted by Crippen LogP contribution is 2.11. The first-order valence-corrected chi connectivity index (χ1v) is 9.54. The molecular formula is C18H30N6O2. The molecule has 2 aliphatic heterocycles. The van der Waals surface area contributed by atoms with E-state index in [9.17, 15) is 9.59 Å². The molecule has 0 aliphatic carbocycles. The van der Waals surface area contributed by atoms with Crippen LogP contribution < -0.4 is 5.32 Å². The van der Waals surface area contributed by atoms with Crippen LogP contribution in [0.4, 0.5) is 5.82 Å². The van der Waals surface area contributed by atoms with Gasteiger partial charge in [0.25, 0.3) is 0 Å². The molecule has 2 aliphatic rings. The maximum absolute atomic E-state index is 12.4. The summed E-state index contributed by atoms with van der Waals surface area (Å²) in [6, 6.07) is 1.86. The molecule has 0 unspecified atom stereocenters. The standard InChI is InChI=1S/C18H30N6O2/c1-15-12-16(21(2)20-15)19-17(25)13-22-8-10-23(11-9-22)14-18(26)24-6-4-3-5-7-24/h12H,3-11,13-14H2,1-2H3,(H,19,25). The normalized spacial score (nSPS) is 19.5. The zero-order valence-corrected chi connectivity index (χ0v) is 15.9. The van der Waals surface area contributed by atoms with Crippen LogP contribution in [-0.2, 0) is 16.6 Å². The third kappa shape index (κ3) is 5.04. The number of aromatic nitrogens is 2. The summed E-state index contributed by atoms with van der Waals surface area (Å²) in [4.78, 5) is 30.9. The molecule has 0 aromatic carbocycles. The second kappa shape index (κ2) is 8.64. The fourth-order valence-corrected chi connectivity index (χ4v) is 3.65. The number of anilines is 1. The number of piperidine rings is 1. The van der Waals surface area contributed by atoms with Crippen LogP contribution in [0.15, 0.2) is 6.07 Å². The van der Waals surface area contributed by atoms with Gasteiger partial charge in [0.1, 0.15) is 5.82 Å². The first-order chi connectivity index (χ1) is 12.5. The average molecular weight is 362 g/mol. The Morgan fingerprint density at radius 3 is 2.19 bits per heavy atom. The van der Waals surface area contributed by atoms with Gasteiger partial charge in [0.2, 0.25) is 11.8 Å². The lowest BCUT2D eigenvalue weighted by molar-refractivity contribution is -0.134. The predicted octanol–water partition coefficient (Wildman–Crippen LogP) is 0.297. The molecular weight excluding hydrogens is 332 g/mol. The van der Waals surface area contributed by atoms with Gasteiger partial charge in [0.05, 0.1) is 18.8 Å². The maximum Gasteiger partial charge on any atom is 0.239 e. The lowest BCUT2D eigenvalue weighted by Crippen LogP contribution is -2.51. The molecule has 3 rings (SSSR count). The molecule has 1 N–H and O–H groups in total. The zero-order chi connectivity index (χ0) is 18.5. The quantitative estimate of drug-likeness (QED) is 0.815. The fraction of sp³-hybridized carbons (Fsp3) is 0.722. The number of hydrogen-bond acceptors (Lipinski definition) is 5. The molecule has 0 bridgehead atoms. The summed E-state index contributed by atoms with van der Waals surface area (Å²) < 4.78 is 1.68. The largest absolute Gasteiger partial charge is 0.342 e. The van der Waals surface area contributed by atoms with E-state index in [0.717, 1.165) is 63.6 Å². The second-order valence-corrected chi connectivity index (χ2v) is 7.34. The molecule has 2 saturated heterocycles. The first-order valence-electron chi connectivity index (χ1n) is 9.54. The van der Waals surface area contributed by atoms with E-state index in [1.807, 2.05) is 24.9 Å². The molecule has 8 heteroatoms. The Labute approximate surface area is 155 Å². The summed E-state index contributed by atoms with van der Waals surface area (Å²) >= 11 is 0. The predicted molar refractivity (Wildman–Crippen MR) is 99.9 cm³/mol. The highest BCUT2D eigenvalue weighted by molar-refractivity contribution is 5.91. The summed E-state index contributed by atoms with van der Waals surface area (Å²) in [5.41, 5.74) is 0.884. The smallest absolute Gasteiger partial charge is 0.239 e. The fourth-order valence-electron chi connectivity index (χ4n) is 3.65. The molecule has 3 heterocycles. The first kappa shape index (κ1) is 18.8. The van der Waals surface area contributed by atoms with Crippen LogP contribution in [0, 0.1) is 6.92 Å². The van der Waals surface area contributed by atoms with Crippen molar-refractivity contribution in [2.24, 2.45) is 7.05 Å². The van der Waals surface area contributed by atoms with Gasteiger partial charge in [-0.3, -0.25) is 24.1 Å². The number of nitrogens with one attached hydrogen (secondary N) is 1. The summed E-state index contributed by atoms with van der Waals surface area (Å²) in [5, 5.41) is 7.14. The highest BCUT2D eigenvalue weighted by atomic mass is 16.2. The van der Waals surface area contributed by atoms with Crippen molar-refractivity contribution in [2.75, 3.05) is 57.7 Å². The van der Waals surface area contributed by atoms with Gasteiger partial charge in [-0.25, -0.2) is 0 Å². The maximum atomic E-state index is 12.4. The highest BCUT2D eigenvalue weighted by Gasteiger charge is 2.23. The van der Waals surface area contributed by atoms with E-state index in [1.54, 1.807) is 4.68 Å². The van der Waals surface area contributed by atoms with Gasteiger partial charge in [0.15, 0.2) is 0 Å². The number of carbonyl (C=O) groups is 2. The number of piperazine rings is 1. The van der Waals surface area contributed by atoms with Crippen LogP contribution in [0.1, 0.15) is 25.0 Å². The summed E-state index contributed by atoms with van der Waals surface area (Å²) in [7, 11) is 1.82. The minimum atomic E-state index is -0.0224. The third-order valence-corrected chi connectivity index (χ3v) is 5.17. The lowest BCUT2D eigenvalue weighted by Gasteiger charge is -2.35. The molecule has 2 amide bonds. The topological polar surface area (TPSA) is 73.7 Å². The Morgan fingerprint density at radius 2 is 1.62 bits per heavy atom. The van der Waals surface area contributed by atoms with Crippen LogP contribution >= 0.6 is 0 Å². The summed E-state index contributed by atoms with van der Waals surface area (Å²) in [6.07, 6.45) is 3.50. The van der Waals surface area contributed by atoms with Gasteiger partial charge < -0.3 is 10.2 Å². The van der Waals surface area contributed by atoms with E-state index in [1.165, 1.54) is 6.42 Å². The minimum absolute atomic E-state index is 0.0224. The van der Waals surface area contributed by atoms with Crippen LogP contribution in [0.2, 0.25) is 0 Å². The molecule has 2 fully saturated rings. The Hall–Kier alpha value is -1.93. The lowest BCUT2D eigenvalue weighted by atomic mass is 10.1. The van der Waals surface area contributed by atoms with E-state index in [0.29, 0.717) is 13.1 Å². The molecule has 0 atom stereocenters. The van der Waals surface area contributed by atoms with E-state index < -0.39 is 0 Å². The zero-order valence-electron chi connectivity index (χ0n) is 15.9. The Morgan fingerprint density at radius 1 is 1.00 bits per heavy atom. The third-order valence-electron chi connectivity index (χ3n) is 5.17. The average Bonchev–Trinajstić information content (AvgIpc) is 2.94. The Kier molecular flexibility index (Phi) is 6.26. The van der Waals surface area contributed by atoms with Crippen molar-refractivity contribution in [3.05, 3.63) is 11.8 Å². The number of nitrogens with zero attached hydrogens (tertiary/aromatic N) is 5. The monoisotopic (exact) mass is 362 g/mol. The number of amides is 2. The van der Waals surface area contributed by atoms with Gasteiger partial charge in [-0.2, -0.15) is 5.10 Å². The number of likely N-dealkylation sites (tertiary alicyclic amines) is 1. The molecule has 0 spiro atoms. The number of rotatable bonds is 5.